The summed E-state index contributed by atoms with van der Waals surface area (Å²) < 4.78 is 5.03. The van der Waals surface area contributed by atoms with Crippen molar-refractivity contribution >= 4 is 5.97 Å². The van der Waals surface area contributed by atoms with Gasteiger partial charge in [-0.15, -0.1) is 0 Å². The van der Waals surface area contributed by atoms with Gasteiger partial charge in [0.2, 0.25) is 0 Å². The maximum atomic E-state index is 11.6. The Morgan fingerprint density at radius 2 is 2.20 bits per heavy atom. The number of carbonyl (C=O) groups is 1. The van der Waals surface area contributed by atoms with Crippen molar-refractivity contribution in [2.24, 2.45) is 0 Å². The Bertz CT molecular complexity index is 324. The molecule has 0 bridgehead atoms. The molecule has 0 atom stereocenters. The zero-order valence-electron chi connectivity index (χ0n) is 9.12. The zero-order valence-corrected chi connectivity index (χ0v) is 9.12. The lowest BCUT2D eigenvalue weighted by Gasteiger charge is -2.07. The van der Waals surface area contributed by atoms with E-state index in [1.54, 1.807) is 19.1 Å². The molecular weight excluding hydrogens is 192 g/mol. The number of esters is 1. The molecule has 0 aliphatic carbocycles. The molecule has 0 fully saturated rings. The third-order valence-electron chi connectivity index (χ3n) is 2.19. The van der Waals surface area contributed by atoms with Crippen LogP contribution in [0.15, 0.2) is 18.2 Å². The van der Waals surface area contributed by atoms with E-state index in [0.29, 0.717) is 6.61 Å². The summed E-state index contributed by atoms with van der Waals surface area (Å²) in [4.78, 5) is 11.6. The molecule has 0 aromatic heterocycles. The number of unbranched alkanes of at least 4 members (excludes halogenated alkanes) is 1. The highest BCUT2D eigenvalue weighted by molar-refractivity contribution is 5.93. The maximum Gasteiger partial charge on any atom is 0.342 e. The molecule has 1 aromatic carbocycles. The third-order valence-corrected chi connectivity index (χ3v) is 2.19. The SMILES string of the molecule is CCCCOC(=O)c1c(C)cccc1O. The molecule has 0 unspecified atom stereocenters. The first-order valence-corrected chi connectivity index (χ1v) is 5.12. The van der Waals surface area contributed by atoms with Crippen LogP contribution >= 0.6 is 0 Å². The minimum absolute atomic E-state index is 0.0171. The average molecular weight is 208 g/mol. The Labute approximate surface area is 89.7 Å². The number of aryl methyl sites for hydroxylation is 1. The van der Waals surface area contributed by atoms with E-state index in [-0.39, 0.29) is 11.3 Å². The Morgan fingerprint density at radius 1 is 1.47 bits per heavy atom. The van der Waals surface area contributed by atoms with Gasteiger partial charge in [-0.3, -0.25) is 0 Å². The molecule has 0 aliphatic heterocycles. The second-order valence-corrected chi connectivity index (χ2v) is 3.46. The molecule has 0 amide bonds. The number of carbonyl (C=O) groups excluding carboxylic acids is 1. The smallest absolute Gasteiger partial charge is 0.342 e. The standard InChI is InChI=1S/C12H16O3/c1-3-4-8-15-12(14)11-9(2)6-5-7-10(11)13/h5-7,13H,3-4,8H2,1-2H3. The van der Waals surface area contributed by atoms with Gasteiger partial charge in [0, 0.05) is 0 Å². The number of benzene rings is 1. The number of phenolic OH excluding ortho intramolecular Hbond substituents is 1. The van der Waals surface area contributed by atoms with E-state index in [9.17, 15) is 9.90 Å². The fraction of sp³-hybridized carbons (Fsp3) is 0.417. The van der Waals surface area contributed by atoms with Crippen LogP contribution in [0.25, 0.3) is 0 Å². The summed E-state index contributed by atoms with van der Waals surface area (Å²) in [6.07, 6.45) is 1.82. The van der Waals surface area contributed by atoms with Crippen molar-refractivity contribution in [1.82, 2.24) is 0 Å². The molecule has 1 rings (SSSR count). The van der Waals surface area contributed by atoms with Crippen molar-refractivity contribution in [3.63, 3.8) is 0 Å². The number of rotatable bonds is 4. The predicted molar refractivity (Wildman–Crippen MR) is 58.0 cm³/mol. The van der Waals surface area contributed by atoms with Crippen molar-refractivity contribution < 1.29 is 14.6 Å². The summed E-state index contributed by atoms with van der Waals surface area (Å²) in [7, 11) is 0. The van der Waals surface area contributed by atoms with E-state index < -0.39 is 5.97 Å². The van der Waals surface area contributed by atoms with Crippen molar-refractivity contribution in [3.05, 3.63) is 29.3 Å². The van der Waals surface area contributed by atoms with Gasteiger partial charge in [0.05, 0.1) is 6.61 Å². The molecular formula is C12H16O3. The lowest BCUT2D eigenvalue weighted by Crippen LogP contribution is -2.08. The molecule has 15 heavy (non-hydrogen) atoms. The Hall–Kier alpha value is -1.51. The van der Waals surface area contributed by atoms with E-state index in [1.165, 1.54) is 6.07 Å². The normalized spacial score (nSPS) is 10.0. The van der Waals surface area contributed by atoms with Crippen molar-refractivity contribution in [3.8, 4) is 5.75 Å². The van der Waals surface area contributed by atoms with Gasteiger partial charge < -0.3 is 9.84 Å². The molecule has 0 saturated carbocycles. The lowest BCUT2D eigenvalue weighted by molar-refractivity contribution is 0.0495. The van der Waals surface area contributed by atoms with Gasteiger partial charge in [0.1, 0.15) is 11.3 Å². The molecule has 0 aliphatic rings. The van der Waals surface area contributed by atoms with E-state index in [2.05, 4.69) is 0 Å². The molecule has 0 heterocycles. The fourth-order valence-electron chi connectivity index (χ4n) is 1.30. The van der Waals surface area contributed by atoms with Crippen LogP contribution in [0.2, 0.25) is 0 Å². The molecule has 82 valence electrons. The number of hydrogen-bond donors (Lipinski definition) is 1. The second kappa shape index (κ2) is 5.39. The molecule has 0 spiro atoms. The van der Waals surface area contributed by atoms with Crippen LogP contribution in [-0.2, 0) is 4.74 Å². The minimum Gasteiger partial charge on any atom is -0.507 e. The Balaban J connectivity index is 2.73. The van der Waals surface area contributed by atoms with Gasteiger partial charge in [-0.25, -0.2) is 4.79 Å². The Kier molecular flexibility index (Phi) is 4.16. The Morgan fingerprint density at radius 3 is 2.80 bits per heavy atom. The van der Waals surface area contributed by atoms with Crippen molar-refractivity contribution in [2.45, 2.75) is 26.7 Å². The lowest BCUT2D eigenvalue weighted by atomic mass is 10.1. The van der Waals surface area contributed by atoms with Crippen LogP contribution in [-0.4, -0.2) is 17.7 Å². The van der Waals surface area contributed by atoms with Crippen molar-refractivity contribution in [1.29, 1.82) is 0 Å². The fourth-order valence-corrected chi connectivity index (χ4v) is 1.30. The minimum atomic E-state index is -0.445. The summed E-state index contributed by atoms with van der Waals surface area (Å²) in [5, 5.41) is 9.52. The van der Waals surface area contributed by atoms with Gasteiger partial charge in [-0.05, 0) is 25.0 Å². The quantitative estimate of drug-likeness (QED) is 0.611. The van der Waals surface area contributed by atoms with Gasteiger partial charge >= 0.3 is 5.97 Å². The summed E-state index contributed by atoms with van der Waals surface area (Å²) >= 11 is 0. The first-order valence-electron chi connectivity index (χ1n) is 5.12. The predicted octanol–water partition coefficient (Wildman–Crippen LogP) is 2.66. The van der Waals surface area contributed by atoms with Gasteiger partial charge in [-0.2, -0.15) is 0 Å². The first-order chi connectivity index (χ1) is 7.16. The largest absolute Gasteiger partial charge is 0.507 e. The highest BCUT2D eigenvalue weighted by atomic mass is 16.5. The number of hydrogen-bond acceptors (Lipinski definition) is 3. The average Bonchev–Trinajstić information content (AvgIpc) is 2.18. The zero-order chi connectivity index (χ0) is 11.3. The number of aromatic hydroxyl groups is 1. The third kappa shape index (κ3) is 2.98. The molecule has 3 heteroatoms. The van der Waals surface area contributed by atoms with Gasteiger partial charge in [-0.1, -0.05) is 25.5 Å². The van der Waals surface area contributed by atoms with E-state index in [0.717, 1.165) is 18.4 Å². The van der Waals surface area contributed by atoms with Crippen molar-refractivity contribution in [2.75, 3.05) is 6.61 Å². The first kappa shape index (κ1) is 11.6. The van der Waals surface area contributed by atoms with Crippen LogP contribution in [0.1, 0.15) is 35.7 Å². The van der Waals surface area contributed by atoms with Gasteiger partial charge in [0.15, 0.2) is 0 Å². The molecule has 0 saturated heterocycles. The highest BCUT2D eigenvalue weighted by Gasteiger charge is 2.14. The number of ether oxygens (including phenoxy) is 1. The summed E-state index contributed by atoms with van der Waals surface area (Å²) in [5.74, 6) is -0.462. The molecule has 0 radical (unpaired) electrons. The van der Waals surface area contributed by atoms with E-state index in [4.69, 9.17) is 4.74 Å². The summed E-state index contributed by atoms with van der Waals surface area (Å²) in [6.45, 7) is 4.21. The second-order valence-electron chi connectivity index (χ2n) is 3.46. The number of phenols is 1. The summed E-state index contributed by atoms with van der Waals surface area (Å²) in [5.41, 5.74) is 1.00. The van der Waals surface area contributed by atoms with E-state index in [1.807, 2.05) is 6.92 Å². The maximum absolute atomic E-state index is 11.6. The monoisotopic (exact) mass is 208 g/mol. The van der Waals surface area contributed by atoms with E-state index >= 15 is 0 Å². The highest BCUT2D eigenvalue weighted by Crippen LogP contribution is 2.21. The van der Waals surface area contributed by atoms with Crippen LogP contribution in [0.3, 0.4) is 0 Å². The van der Waals surface area contributed by atoms with Crippen LogP contribution in [0.4, 0.5) is 0 Å². The summed E-state index contributed by atoms with van der Waals surface area (Å²) in [6, 6.07) is 4.97. The van der Waals surface area contributed by atoms with Crippen LogP contribution in [0.5, 0.6) is 5.75 Å². The topological polar surface area (TPSA) is 46.5 Å². The molecule has 1 N–H and O–H groups in total. The molecule has 3 nitrogen and oxygen atoms in total. The van der Waals surface area contributed by atoms with Crippen LogP contribution in [0, 0.1) is 6.92 Å². The van der Waals surface area contributed by atoms with Gasteiger partial charge in [0.25, 0.3) is 0 Å². The van der Waals surface area contributed by atoms with Crippen LogP contribution < -0.4 is 0 Å². The molecule has 1 aromatic rings.